The molecule has 0 amide bonds. The molecule has 0 saturated carbocycles. The van der Waals surface area contributed by atoms with Crippen LogP contribution in [0.5, 0.6) is 0 Å². The van der Waals surface area contributed by atoms with Crippen molar-refractivity contribution < 1.29 is 16.8 Å². The Morgan fingerprint density at radius 1 is 0.867 bits per heavy atom. The number of anilines is 1. The first-order chi connectivity index (χ1) is 14.2. The number of piperazine rings is 1. The van der Waals surface area contributed by atoms with E-state index in [9.17, 15) is 16.8 Å². The number of sulfone groups is 2. The predicted molar refractivity (Wildman–Crippen MR) is 120 cm³/mol. The third kappa shape index (κ3) is 4.26. The highest BCUT2D eigenvalue weighted by Gasteiger charge is 2.48. The van der Waals surface area contributed by atoms with Crippen molar-refractivity contribution in [3.05, 3.63) is 59.7 Å². The van der Waals surface area contributed by atoms with Crippen LogP contribution in [0, 0.1) is 13.8 Å². The van der Waals surface area contributed by atoms with Gasteiger partial charge in [-0.1, -0.05) is 29.8 Å². The highest BCUT2D eigenvalue weighted by Crippen LogP contribution is 2.30. The number of benzene rings is 2. The molecule has 0 bridgehead atoms. The van der Waals surface area contributed by atoms with E-state index in [-0.39, 0.29) is 16.4 Å². The van der Waals surface area contributed by atoms with Crippen LogP contribution in [0.4, 0.5) is 5.69 Å². The molecule has 2 heterocycles. The fraction of sp³-hybridized carbons (Fsp3) is 0.455. The van der Waals surface area contributed by atoms with Gasteiger partial charge in [-0.2, -0.15) is 0 Å². The summed E-state index contributed by atoms with van der Waals surface area (Å²) >= 11 is 0. The lowest BCUT2D eigenvalue weighted by molar-refractivity contribution is 0.201. The molecule has 2 aromatic carbocycles. The maximum absolute atomic E-state index is 13.3. The second-order valence-electron chi connectivity index (χ2n) is 8.40. The average Bonchev–Trinajstić information content (AvgIpc) is 3.05. The summed E-state index contributed by atoms with van der Waals surface area (Å²) in [5, 5.41) is -0.921. The van der Waals surface area contributed by atoms with Crippen molar-refractivity contribution in [2.24, 2.45) is 0 Å². The van der Waals surface area contributed by atoms with E-state index in [4.69, 9.17) is 0 Å². The molecule has 0 aliphatic carbocycles. The summed E-state index contributed by atoms with van der Waals surface area (Å²) in [6.45, 7) is 6.74. The molecule has 0 radical (unpaired) electrons. The maximum Gasteiger partial charge on any atom is 0.183 e. The van der Waals surface area contributed by atoms with Gasteiger partial charge in [0, 0.05) is 37.9 Å². The van der Waals surface area contributed by atoms with Gasteiger partial charge in [0.1, 0.15) is 0 Å². The fourth-order valence-electron chi connectivity index (χ4n) is 4.47. The van der Waals surface area contributed by atoms with Crippen LogP contribution in [-0.2, 0) is 19.7 Å². The molecular weight excluding hydrogens is 420 g/mol. The Morgan fingerprint density at radius 3 is 2.17 bits per heavy atom. The number of hydrogen-bond acceptors (Lipinski definition) is 6. The van der Waals surface area contributed by atoms with Gasteiger partial charge in [-0.3, -0.25) is 4.90 Å². The van der Waals surface area contributed by atoms with Gasteiger partial charge in [-0.15, -0.1) is 0 Å². The third-order valence-electron chi connectivity index (χ3n) is 6.17. The Hall–Kier alpha value is -1.90. The Bertz CT molecular complexity index is 1120. The average molecular weight is 449 g/mol. The summed E-state index contributed by atoms with van der Waals surface area (Å²) in [5.74, 6) is -0.390. The van der Waals surface area contributed by atoms with E-state index >= 15 is 0 Å². The molecule has 2 aliphatic heterocycles. The van der Waals surface area contributed by atoms with Gasteiger partial charge in [-0.05, 0) is 43.7 Å². The van der Waals surface area contributed by atoms with Crippen LogP contribution in [-0.4, -0.2) is 70.7 Å². The van der Waals surface area contributed by atoms with Gasteiger partial charge in [0.05, 0.1) is 21.7 Å². The predicted octanol–water partition coefficient (Wildman–Crippen LogP) is 2.06. The summed E-state index contributed by atoms with van der Waals surface area (Å²) in [6, 6.07) is 14.5. The minimum Gasteiger partial charge on any atom is -0.369 e. The topological polar surface area (TPSA) is 74.8 Å². The van der Waals surface area contributed by atoms with E-state index < -0.39 is 31.0 Å². The molecule has 0 N–H and O–H groups in total. The normalized spacial score (nSPS) is 24.8. The van der Waals surface area contributed by atoms with Gasteiger partial charge >= 0.3 is 0 Å². The first-order valence-electron chi connectivity index (χ1n) is 10.2. The largest absolute Gasteiger partial charge is 0.369 e. The van der Waals surface area contributed by atoms with Crippen LogP contribution < -0.4 is 4.90 Å². The van der Waals surface area contributed by atoms with Crippen LogP contribution in [0.3, 0.4) is 0 Å². The van der Waals surface area contributed by atoms with Crippen LogP contribution in [0.2, 0.25) is 0 Å². The molecular formula is C22H28N2O4S2. The van der Waals surface area contributed by atoms with Gasteiger partial charge < -0.3 is 4.90 Å². The molecule has 2 atom stereocenters. The Labute approximate surface area is 179 Å². The molecule has 2 saturated heterocycles. The fourth-order valence-corrected chi connectivity index (χ4v) is 9.30. The Morgan fingerprint density at radius 2 is 1.53 bits per heavy atom. The van der Waals surface area contributed by atoms with Crippen LogP contribution in [0.25, 0.3) is 0 Å². The lowest BCUT2D eigenvalue weighted by Gasteiger charge is -2.40. The molecule has 30 heavy (non-hydrogen) atoms. The van der Waals surface area contributed by atoms with Gasteiger partial charge in [0.2, 0.25) is 0 Å². The first-order valence-corrected chi connectivity index (χ1v) is 13.6. The van der Waals surface area contributed by atoms with Crippen molar-refractivity contribution >= 4 is 25.4 Å². The number of rotatable bonds is 4. The molecule has 2 aromatic rings. The highest BCUT2D eigenvalue weighted by molar-refractivity contribution is 7.96. The smallest absolute Gasteiger partial charge is 0.183 e. The summed E-state index contributed by atoms with van der Waals surface area (Å²) in [6.07, 6.45) is 0. The van der Waals surface area contributed by atoms with Crippen molar-refractivity contribution in [1.82, 2.24) is 4.90 Å². The third-order valence-corrected chi connectivity index (χ3v) is 10.3. The quantitative estimate of drug-likeness (QED) is 0.713. The van der Waals surface area contributed by atoms with Crippen LogP contribution in [0.15, 0.2) is 53.4 Å². The molecule has 8 heteroatoms. The molecule has 2 aliphatic rings. The summed E-state index contributed by atoms with van der Waals surface area (Å²) < 4.78 is 51.5. The van der Waals surface area contributed by atoms with Crippen molar-refractivity contribution in [3.8, 4) is 0 Å². The molecule has 2 fully saturated rings. The lowest BCUT2D eigenvalue weighted by Crippen LogP contribution is -2.55. The highest BCUT2D eigenvalue weighted by atomic mass is 32.2. The van der Waals surface area contributed by atoms with E-state index in [0.29, 0.717) is 13.1 Å². The van der Waals surface area contributed by atoms with Crippen molar-refractivity contribution in [3.63, 3.8) is 0 Å². The standard InChI is InChI=1S/C22H28N2O4S2/c1-17-6-8-20(9-7-17)30(27,28)22-16-29(25,26)15-21(22)24-12-10-23(11-13-24)19-5-3-4-18(2)14-19/h3-9,14,21-22H,10-13,15-16H2,1-2H3/t21-,22-/m1/s1. The molecule has 6 nitrogen and oxygen atoms in total. The van der Waals surface area contributed by atoms with Gasteiger partial charge in [0.25, 0.3) is 0 Å². The van der Waals surface area contributed by atoms with Gasteiger partial charge in [0.15, 0.2) is 19.7 Å². The molecule has 0 aromatic heterocycles. The summed E-state index contributed by atoms with van der Waals surface area (Å²) in [4.78, 5) is 4.54. The van der Waals surface area contributed by atoms with Crippen LogP contribution in [0.1, 0.15) is 11.1 Å². The molecule has 0 unspecified atom stereocenters. The zero-order valence-corrected chi connectivity index (χ0v) is 19.0. The minimum absolute atomic E-state index is 0.0901. The van der Waals surface area contributed by atoms with Crippen molar-refractivity contribution in [1.29, 1.82) is 0 Å². The molecule has 4 rings (SSSR count). The summed E-state index contributed by atoms with van der Waals surface area (Å²) in [7, 11) is -7.13. The van der Waals surface area contributed by atoms with Crippen molar-refractivity contribution in [2.45, 2.75) is 30.0 Å². The Kier molecular flexibility index (Phi) is 5.67. The molecule has 0 spiro atoms. The zero-order chi connectivity index (χ0) is 21.5. The zero-order valence-electron chi connectivity index (χ0n) is 17.4. The maximum atomic E-state index is 13.3. The second kappa shape index (κ2) is 7.98. The van der Waals surface area contributed by atoms with E-state index in [1.165, 1.54) is 5.56 Å². The van der Waals surface area contributed by atoms with E-state index in [0.717, 1.165) is 24.3 Å². The minimum atomic E-state index is -3.73. The molecule has 162 valence electrons. The van der Waals surface area contributed by atoms with E-state index in [1.807, 2.05) is 13.0 Å². The Balaban J connectivity index is 1.54. The summed E-state index contributed by atoms with van der Waals surface area (Å²) in [5.41, 5.74) is 3.32. The van der Waals surface area contributed by atoms with Crippen LogP contribution >= 0.6 is 0 Å². The first kappa shape index (κ1) is 21.3. The number of nitrogens with zero attached hydrogens (tertiary/aromatic N) is 2. The lowest BCUT2D eigenvalue weighted by atomic mass is 10.1. The second-order valence-corrected chi connectivity index (χ2v) is 12.7. The van der Waals surface area contributed by atoms with Gasteiger partial charge in [-0.25, -0.2) is 16.8 Å². The number of aryl methyl sites for hydroxylation is 2. The SMILES string of the molecule is Cc1ccc(S(=O)(=O)[C@@H]2CS(=O)(=O)C[C@H]2N2CCN(c3cccc(C)c3)CC2)cc1. The van der Waals surface area contributed by atoms with E-state index in [2.05, 4.69) is 34.9 Å². The number of hydrogen-bond donors (Lipinski definition) is 0. The monoisotopic (exact) mass is 448 g/mol. The van der Waals surface area contributed by atoms with E-state index in [1.54, 1.807) is 24.3 Å². The van der Waals surface area contributed by atoms with Crippen molar-refractivity contribution in [2.75, 3.05) is 42.6 Å².